The highest BCUT2D eigenvalue weighted by molar-refractivity contribution is 5.36. The number of anilines is 1. The van der Waals surface area contributed by atoms with Gasteiger partial charge in [-0.25, -0.2) is 14.4 Å². The van der Waals surface area contributed by atoms with Crippen molar-refractivity contribution >= 4 is 5.95 Å². The monoisotopic (exact) mass is 266 g/mol. The highest BCUT2D eigenvalue weighted by Gasteiger charge is 2.45. The minimum atomic E-state index is -0.399. The molecule has 3 heterocycles. The van der Waals surface area contributed by atoms with E-state index >= 15 is 0 Å². The average Bonchev–Trinajstić information content (AvgIpc) is 2.79. The number of hydrogen-bond donors (Lipinski definition) is 0. The molecule has 0 unspecified atom stereocenters. The number of ether oxygens (including phenoxy) is 1. The van der Waals surface area contributed by atoms with Gasteiger partial charge in [0.15, 0.2) is 5.82 Å². The predicted octanol–water partition coefficient (Wildman–Crippen LogP) is 0.913. The molecular weight excluding hydrogens is 247 g/mol. The topological polar surface area (TPSA) is 41.5 Å². The molecule has 0 spiro atoms. The van der Waals surface area contributed by atoms with Crippen LogP contribution >= 0.6 is 0 Å². The van der Waals surface area contributed by atoms with Crippen LogP contribution in [0.3, 0.4) is 0 Å². The number of halogens is 1. The molecule has 1 aromatic rings. The van der Waals surface area contributed by atoms with Gasteiger partial charge >= 0.3 is 0 Å². The van der Waals surface area contributed by atoms with Crippen LogP contribution in [0.2, 0.25) is 0 Å². The number of rotatable bonds is 2. The Hall–Kier alpha value is -1.27. The largest absolute Gasteiger partial charge is 0.374 e. The Morgan fingerprint density at radius 2 is 2.11 bits per heavy atom. The van der Waals surface area contributed by atoms with E-state index in [1.165, 1.54) is 12.4 Å². The van der Waals surface area contributed by atoms with Gasteiger partial charge in [-0.15, -0.1) is 0 Å². The van der Waals surface area contributed by atoms with E-state index in [-0.39, 0.29) is 6.10 Å². The summed E-state index contributed by atoms with van der Waals surface area (Å²) in [4.78, 5) is 12.6. The van der Waals surface area contributed by atoms with Crippen LogP contribution in [0, 0.1) is 5.82 Å². The highest BCUT2D eigenvalue weighted by Crippen LogP contribution is 2.32. The normalized spacial score (nSPS) is 30.7. The van der Waals surface area contributed by atoms with E-state index in [1.54, 1.807) is 0 Å². The molecule has 2 fully saturated rings. The molecule has 5 nitrogen and oxygen atoms in total. The summed E-state index contributed by atoms with van der Waals surface area (Å²) < 4.78 is 18.9. The van der Waals surface area contributed by atoms with Crippen molar-refractivity contribution in [3.05, 3.63) is 18.2 Å². The van der Waals surface area contributed by atoms with Gasteiger partial charge in [0.25, 0.3) is 0 Å². The van der Waals surface area contributed by atoms with Crippen LogP contribution in [0.25, 0.3) is 0 Å². The number of nitrogens with zero attached hydrogens (tertiary/aromatic N) is 4. The second-order valence-corrected chi connectivity index (χ2v) is 5.43. The molecule has 2 saturated heterocycles. The summed E-state index contributed by atoms with van der Waals surface area (Å²) in [5.41, 5.74) is 0. The van der Waals surface area contributed by atoms with Crippen molar-refractivity contribution in [2.75, 3.05) is 32.1 Å². The van der Waals surface area contributed by atoms with Crippen molar-refractivity contribution in [3.63, 3.8) is 0 Å². The number of likely N-dealkylation sites (N-methyl/N-ethyl adjacent to an activating group) is 1. The third kappa shape index (κ3) is 2.30. The van der Waals surface area contributed by atoms with E-state index in [0.717, 1.165) is 26.0 Å². The van der Waals surface area contributed by atoms with E-state index in [1.807, 2.05) is 0 Å². The van der Waals surface area contributed by atoms with Gasteiger partial charge in [-0.05, 0) is 26.9 Å². The van der Waals surface area contributed by atoms with Crippen LogP contribution in [0.1, 0.15) is 12.8 Å². The maximum absolute atomic E-state index is 12.9. The van der Waals surface area contributed by atoms with Crippen molar-refractivity contribution in [3.8, 4) is 0 Å². The van der Waals surface area contributed by atoms with Gasteiger partial charge in [0.1, 0.15) is 0 Å². The summed E-state index contributed by atoms with van der Waals surface area (Å²) in [6.45, 7) is 1.65. The fourth-order valence-corrected chi connectivity index (χ4v) is 3.07. The Bertz CT molecular complexity index is 439. The summed E-state index contributed by atoms with van der Waals surface area (Å²) in [6, 6.07) is 0.630. The van der Waals surface area contributed by atoms with Crippen LogP contribution < -0.4 is 4.90 Å². The molecule has 0 radical (unpaired) electrons. The van der Waals surface area contributed by atoms with Crippen molar-refractivity contribution in [2.45, 2.75) is 31.0 Å². The SMILES string of the molecule is CN(C)[C@@H]1CN(c2ncc(F)cn2)[C@@H]2CCCO[C@H]12. The standard InChI is InChI=1S/C13H19FN4O/c1-17(2)11-8-18(10-4-3-5-19-12(10)11)13-15-6-9(14)7-16-13/h6-7,10-12H,3-5,8H2,1-2H3/t10-,11-,12+/m1/s1. The van der Waals surface area contributed by atoms with Crippen LogP contribution in [0.4, 0.5) is 10.3 Å². The zero-order chi connectivity index (χ0) is 13.4. The van der Waals surface area contributed by atoms with Crippen molar-refractivity contribution < 1.29 is 9.13 Å². The Labute approximate surface area is 112 Å². The first-order valence-corrected chi connectivity index (χ1v) is 6.69. The molecule has 3 atom stereocenters. The fourth-order valence-electron chi connectivity index (χ4n) is 3.07. The summed E-state index contributed by atoms with van der Waals surface area (Å²) in [6.07, 6.45) is 4.78. The van der Waals surface area contributed by atoms with Crippen molar-refractivity contribution in [2.24, 2.45) is 0 Å². The van der Waals surface area contributed by atoms with Crippen molar-refractivity contribution in [1.29, 1.82) is 0 Å². The molecule has 0 bridgehead atoms. The molecular formula is C13H19FN4O. The third-order valence-corrected chi connectivity index (χ3v) is 4.02. The van der Waals surface area contributed by atoms with E-state index in [0.29, 0.717) is 18.0 Å². The fraction of sp³-hybridized carbons (Fsp3) is 0.692. The zero-order valence-corrected chi connectivity index (χ0v) is 11.3. The molecule has 0 aliphatic carbocycles. The Kier molecular flexibility index (Phi) is 3.36. The molecule has 6 heteroatoms. The van der Waals surface area contributed by atoms with Crippen LogP contribution in [0.5, 0.6) is 0 Å². The lowest BCUT2D eigenvalue weighted by Crippen LogP contribution is -2.45. The van der Waals surface area contributed by atoms with Gasteiger partial charge in [-0.2, -0.15) is 0 Å². The number of aromatic nitrogens is 2. The lowest BCUT2D eigenvalue weighted by molar-refractivity contribution is -0.0187. The van der Waals surface area contributed by atoms with Gasteiger partial charge in [-0.1, -0.05) is 0 Å². The van der Waals surface area contributed by atoms with E-state index in [2.05, 4.69) is 33.9 Å². The number of fused-ring (bicyclic) bond motifs is 1. The van der Waals surface area contributed by atoms with Gasteiger partial charge in [-0.3, -0.25) is 0 Å². The first-order valence-electron chi connectivity index (χ1n) is 6.69. The molecule has 0 N–H and O–H groups in total. The minimum absolute atomic E-state index is 0.192. The maximum atomic E-state index is 12.9. The maximum Gasteiger partial charge on any atom is 0.225 e. The summed E-state index contributed by atoms with van der Waals surface area (Å²) in [7, 11) is 4.13. The van der Waals surface area contributed by atoms with Crippen molar-refractivity contribution in [1.82, 2.24) is 14.9 Å². The zero-order valence-electron chi connectivity index (χ0n) is 11.3. The molecule has 2 aliphatic heterocycles. The lowest BCUT2D eigenvalue weighted by Gasteiger charge is -2.33. The smallest absolute Gasteiger partial charge is 0.225 e. The summed E-state index contributed by atoms with van der Waals surface area (Å²) in [5, 5.41) is 0. The van der Waals surface area contributed by atoms with E-state index < -0.39 is 5.82 Å². The van der Waals surface area contributed by atoms with Crippen LogP contribution in [0.15, 0.2) is 12.4 Å². The average molecular weight is 266 g/mol. The highest BCUT2D eigenvalue weighted by atomic mass is 19.1. The first-order chi connectivity index (χ1) is 9.16. The van der Waals surface area contributed by atoms with Gasteiger partial charge in [0.05, 0.1) is 30.6 Å². The molecule has 104 valence electrons. The lowest BCUT2D eigenvalue weighted by atomic mass is 10.0. The summed E-state index contributed by atoms with van der Waals surface area (Å²) in [5.74, 6) is 0.204. The second kappa shape index (κ2) is 5.02. The minimum Gasteiger partial charge on any atom is -0.374 e. The predicted molar refractivity (Wildman–Crippen MR) is 69.6 cm³/mol. The molecule has 0 amide bonds. The Morgan fingerprint density at radius 3 is 2.79 bits per heavy atom. The quantitative estimate of drug-likeness (QED) is 0.796. The van der Waals surface area contributed by atoms with E-state index in [9.17, 15) is 4.39 Å². The Morgan fingerprint density at radius 1 is 1.37 bits per heavy atom. The third-order valence-electron chi connectivity index (χ3n) is 4.02. The van der Waals surface area contributed by atoms with Gasteiger partial charge in [0.2, 0.25) is 5.95 Å². The van der Waals surface area contributed by atoms with E-state index in [4.69, 9.17) is 4.74 Å². The first kappa shape index (κ1) is 12.7. The molecule has 3 rings (SSSR count). The van der Waals surface area contributed by atoms with Gasteiger partial charge in [0, 0.05) is 13.2 Å². The molecule has 19 heavy (non-hydrogen) atoms. The molecule has 0 aromatic carbocycles. The summed E-state index contributed by atoms with van der Waals surface area (Å²) >= 11 is 0. The van der Waals surface area contributed by atoms with Crippen LogP contribution in [-0.2, 0) is 4.74 Å². The van der Waals surface area contributed by atoms with Gasteiger partial charge < -0.3 is 14.5 Å². The Balaban J connectivity index is 1.87. The molecule has 1 aromatic heterocycles. The van der Waals surface area contributed by atoms with Crippen LogP contribution in [-0.4, -0.2) is 60.3 Å². The molecule has 2 aliphatic rings. The molecule has 0 saturated carbocycles. The second-order valence-electron chi connectivity index (χ2n) is 5.43. The number of hydrogen-bond acceptors (Lipinski definition) is 5.